The van der Waals surface area contributed by atoms with E-state index in [1.54, 1.807) is 39.5 Å². The molecule has 0 radical (unpaired) electrons. The van der Waals surface area contributed by atoms with Crippen LogP contribution in [-0.2, 0) is 11.3 Å². The first-order valence-electron chi connectivity index (χ1n) is 11.8. The molecule has 2 aromatic heterocycles. The summed E-state index contributed by atoms with van der Waals surface area (Å²) in [4.78, 5) is 22.3. The molecule has 0 aliphatic rings. The number of hydrogen-bond acceptors (Lipinski definition) is 9. The lowest BCUT2D eigenvalue weighted by Crippen LogP contribution is -2.26. The third-order valence-corrected chi connectivity index (χ3v) is 5.64. The quantitative estimate of drug-likeness (QED) is 0.305. The number of hydrogen-bond donors (Lipinski definition) is 3. The molecule has 3 aromatic rings. The number of pyridine rings is 2. The van der Waals surface area contributed by atoms with Gasteiger partial charge in [-0.25, -0.2) is 9.78 Å². The fourth-order valence-electron chi connectivity index (χ4n) is 3.80. The molecule has 1 atom stereocenters. The average Bonchev–Trinajstić information content (AvgIpc) is 2.89. The van der Waals surface area contributed by atoms with Gasteiger partial charge in [-0.1, -0.05) is 19.8 Å². The third-order valence-electron chi connectivity index (χ3n) is 5.64. The molecule has 0 bridgehead atoms. The lowest BCUT2D eigenvalue weighted by atomic mass is 10.1. The second kappa shape index (κ2) is 12.8. The van der Waals surface area contributed by atoms with E-state index in [2.05, 4.69) is 22.5 Å². The van der Waals surface area contributed by atoms with Crippen LogP contribution in [0, 0.1) is 0 Å². The molecule has 0 saturated carbocycles. The molecule has 0 fully saturated rings. The fraction of sp³-hybridized carbons (Fsp3) is 0.423. The molecule has 0 saturated heterocycles. The minimum absolute atomic E-state index is 0.0786. The highest BCUT2D eigenvalue weighted by Crippen LogP contribution is 2.33. The highest BCUT2D eigenvalue weighted by atomic mass is 16.5. The number of nitrogens with one attached hydrogen (secondary N) is 2. The van der Waals surface area contributed by atoms with Gasteiger partial charge < -0.3 is 30.0 Å². The van der Waals surface area contributed by atoms with Crippen LogP contribution >= 0.6 is 0 Å². The van der Waals surface area contributed by atoms with Gasteiger partial charge in [0.15, 0.2) is 0 Å². The number of carbonyl (C=O) groups excluding carboxylic acids is 1. The van der Waals surface area contributed by atoms with Crippen molar-refractivity contribution in [1.29, 1.82) is 0 Å². The lowest BCUT2D eigenvalue weighted by molar-refractivity contribution is 0.0528. The lowest BCUT2D eigenvalue weighted by Gasteiger charge is -2.22. The van der Waals surface area contributed by atoms with Crippen LogP contribution in [0.3, 0.4) is 0 Å². The summed E-state index contributed by atoms with van der Waals surface area (Å²) in [6.07, 6.45) is 4.33. The largest absolute Gasteiger partial charge is 0.497 e. The SMILES string of the molecule is CCCC[C@H](CO)Nc1c(C(=O)OCC)c(NCc2ccc(OC)cc2OC)nc2cccnc12. The van der Waals surface area contributed by atoms with Gasteiger partial charge in [0.05, 0.1) is 38.6 Å². The van der Waals surface area contributed by atoms with Gasteiger partial charge in [0, 0.05) is 30.4 Å². The predicted octanol–water partition coefficient (Wildman–Crippen LogP) is 4.40. The number of ether oxygens (including phenoxy) is 3. The second-order valence-electron chi connectivity index (χ2n) is 8.00. The Hall–Kier alpha value is -3.59. The predicted molar refractivity (Wildman–Crippen MR) is 136 cm³/mol. The number of unbranched alkanes of at least 4 members (excludes halogenated alkanes) is 1. The number of benzene rings is 1. The van der Waals surface area contributed by atoms with E-state index < -0.39 is 5.97 Å². The van der Waals surface area contributed by atoms with Crippen LogP contribution in [0.5, 0.6) is 11.5 Å². The number of aliphatic hydroxyl groups excluding tert-OH is 1. The maximum atomic E-state index is 13.2. The Balaban J connectivity index is 2.08. The summed E-state index contributed by atoms with van der Waals surface area (Å²) < 4.78 is 16.2. The molecule has 188 valence electrons. The van der Waals surface area contributed by atoms with Gasteiger partial charge in [0.2, 0.25) is 0 Å². The molecule has 1 aromatic carbocycles. The van der Waals surface area contributed by atoms with E-state index in [1.165, 1.54) is 0 Å². The molecule has 2 heterocycles. The monoisotopic (exact) mass is 482 g/mol. The van der Waals surface area contributed by atoms with Gasteiger partial charge in [-0.3, -0.25) is 4.98 Å². The number of carbonyl (C=O) groups is 1. The first-order chi connectivity index (χ1) is 17.1. The van der Waals surface area contributed by atoms with Gasteiger partial charge in [-0.05, 0) is 37.6 Å². The molecule has 9 heteroatoms. The minimum atomic E-state index is -0.522. The zero-order valence-electron chi connectivity index (χ0n) is 20.8. The van der Waals surface area contributed by atoms with Crippen molar-refractivity contribution in [2.45, 2.75) is 45.7 Å². The van der Waals surface area contributed by atoms with E-state index in [9.17, 15) is 9.90 Å². The number of rotatable bonds is 13. The van der Waals surface area contributed by atoms with Crippen molar-refractivity contribution in [2.24, 2.45) is 0 Å². The molecule has 3 rings (SSSR count). The Kier molecular flexibility index (Phi) is 9.48. The van der Waals surface area contributed by atoms with Gasteiger partial charge in [-0.15, -0.1) is 0 Å². The number of aliphatic hydroxyl groups is 1. The van der Waals surface area contributed by atoms with E-state index in [0.717, 1.165) is 24.8 Å². The Morgan fingerprint density at radius 2 is 2.00 bits per heavy atom. The third kappa shape index (κ3) is 6.30. The molecule has 0 aliphatic carbocycles. The van der Waals surface area contributed by atoms with Crippen LogP contribution in [0.25, 0.3) is 11.0 Å². The molecular formula is C26H34N4O5. The molecule has 35 heavy (non-hydrogen) atoms. The normalized spacial score (nSPS) is 11.7. The van der Waals surface area contributed by atoms with Crippen molar-refractivity contribution < 1.29 is 24.1 Å². The van der Waals surface area contributed by atoms with E-state index >= 15 is 0 Å². The average molecular weight is 483 g/mol. The van der Waals surface area contributed by atoms with Crippen molar-refractivity contribution in [3.63, 3.8) is 0 Å². The molecule has 0 aliphatic heterocycles. The Morgan fingerprint density at radius 1 is 1.17 bits per heavy atom. The van der Waals surface area contributed by atoms with Crippen LogP contribution in [0.4, 0.5) is 11.5 Å². The number of aromatic nitrogens is 2. The fourth-order valence-corrected chi connectivity index (χ4v) is 3.80. The molecule has 0 unspecified atom stereocenters. The van der Waals surface area contributed by atoms with E-state index in [4.69, 9.17) is 19.2 Å². The summed E-state index contributed by atoms with van der Waals surface area (Å²) in [7, 11) is 3.19. The van der Waals surface area contributed by atoms with Crippen molar-refractivity contribution in [2.75, 3.05) is 38.1 Å². The Morgan fingerprint density at radius 3 is 2.69 bits per heavy atom. The number of anilines is 2. The Labute approximate surface area is 205 Å². The molecule has 0 amide bonds. The van der Waals surface area contributed by atoms with Gasteiger partial charge in [-0.2, -0.15) is 0 Å². The van der Waals surface area contributed by atoms with E-state index in [1.807, 2.05) is 18.2 Å². The van der Waals surface area contributed by atoms with Crippen LogP contribution < -0.4 is 20.1 Å². The van der Waals surface area contributed by atoms with Gasteiger partial charge >= 0.3 is 5.97 Å². The summed E-state index contributed by atoms with van der Waals surface area (Å²) >= 11 is 0. The highest BCUT2D eigenvalue weighted by Gasteiger charge is 2.25. The molecule has 3 N–H and O–H groups in total. The van der Waals surface area contributed by atoms with Crippen LogP contribution in [0.2, 0.25) is 0 Å². The number of methoxy groups -OCH3 is 2. The summed E-state index contributed by atoms with van der Waals surface area (Å²) in [5.74, 6) is 1.17. The Bertz CT molecular complexity index is 1140. The molecule has 0 spiro atoms. The number of fused-ring (bicyclic) bond motifs is 1. The summed E-state index contributed by atoms with van der Waals surface area (Å²) in [6.45, 7) is 4.33. The zero-order valence-corrected chi connectivity index (χ0v) is 20.8. The van der Waals surface area contributed by atoms with Crippen LogP contribution in [0.15, 0.2) is 36.5 Å². The van der Waals surface area contributed by atoms with Crippen molar-refractivity contribution in [3.05, 3.63) is 47.7 Å². The zero-order chi connectivity index (χ0) is 25.2. The van der Waals surface area contributed by atoms with Crippen molar-refractivity contribution in [3.8, 4) is 11.5 Å². The highest BCUT2D eigenvalue weighted by molar-refractivity contribution is 6.08. The van der Waals surface area contributed by atoms with Crippen LogP contribution in [-0.4, -0.2) is 54.5 Å². The van der Waals surface area contributed by atoms with Crippen molar-refractivity contribution in [1.82, 2.24) is 9.97 Å². The maximum Gasteiger partial charge on any atom is 0.344 e. The van der Waals surface area contributed by atoms with E-state index in [-0.39, 0.29) is 24.8 Å². The first-order valence-corrected chi connectivity index (χ1v) is 11.8. The topological polar surface area (TPSA) is 115 Å². The van der Waals surface area contributed by atoms with Gasteiger partial charge in [0.1, 0.15) is 28.4 Å². The number of nitrogens with zero attached hydrogens (tertiary/aromatic N) is 2. The summed E-state index contributed by atoms with van der Waals surface area (Å²) in [5, 5.41) is 16.6. The summed E-state index contributed by atoms with van der Waals surface area (Å²) in [5.41, 5.74) is 2.76. The smallest absolute Gasteiger partial charge is 0.344 e. The maximum absolute atomic E-state index is 13.2. The second-order valence-corrected chi connectivity index (χ2v) is 8.00. The summed E-state index contributed by atoms with van der Waals surface area (Å²) in [6, 6.07) is 8.92. The van der Waals surface area contributed by atoms with Crippen LogP contribution in [0.1, 0.15) is 49.0 Å². The first kappa shape index (κ1) is 26.0. The minimum Gasteiger partial charge on any atom is -0.497 e. The number of esters is 1. The standard InChI is InChI=1S/C26H34N4O5/c1-5-7-9-18(16-31)29-24-22(26(32)35-6-2)25(30-20-10-8-13-27-23(20)24)28-15-17-11-12-19(33-3)14-21(17)34-4/h8,10-14,18,31H,5-7,9,15-16H2,1-4H3,(H2,28,29,30)/t18-/m1/s1. The van der Waals surface area contributed by atoms with E-state index in [0.29, 0.717) is 40.6 Å². The molecular weight excluding hydrogens is 448 g/mol. The van der Waals surface area contributed by atoms with Crippen molar-refractivity contribution >= 4 is 28.5 Å². The molecule has 9 nitrogen and oxygen atoms in total. The van der Waals surface area contributed by atoms with Gasteiger partial charge in [0.25, 0.3) is 0 Å².